The normalized spacial score (nSPS) is 13.0. The van der Waals surface area contributed by atoms with Crippen LogP contribution in [0, 0.1) is 0 Å². The smallest absolute Gasteiger partial charge is 0.282 e. The zero-order chi connectivity index (χ0) is 21.0. The van der Waals surface area contributed by atoms with Crippen molar-refractivity contribution in [3.8, 4) is 11.5 Å². The average molecular weight is 414 g/mol. The number of likely N-dealkylation sites (N-methyl/N-ethyl adjacent to an activating group) is 1. The van der Waals surface area contributed by atoms with E-state index in [2.05, 4.69) is 29.6 Å². The van der Waals surface area contributed by atoms with Gasteiger partial charge in [0.1, 0.15) is 18.0 Å². The summed E-state index contributed by atoms with van der Waals surface area (Å²) in [5.41, 5.74) is 1.74. The molecular formula is C23H26ClN2O3+. The molecule has 0 aliphatic heterocycles. The number of nitrogens with one attached hydrogen (secondary N) is 2. The second-order valence-corrected chi connectivity index (χ2v) is 7.56. The van der Waals surface area contributed by atoms with E-state index < -0.39 is 0 Å². The third-order valence-electron chi connectivity index (χ3n) is 5.15. The molecule has 0 saturated heterocycles. The molecule has 0 bridgehead atoms. The van der Waals surface area contributed by atoms with Crippen molar-refractivity contribution in [1.29, 1.82) is 0 Å². The SMILES string of the molecule is COc1ccc2cc(C[NH+](C)[C@H](C)C(=O)Nc3cc(Cl)ccc3OC)ccc2c1. The molecule has 0 radical (unpaired) electrons. The summed E-state index contributed by atoms with van der Waals surface area (Å²) in [6.07, 6.45) is 0. The van der Waals surface area contributed by atoms with E-state index in [0.717, 1.165) is 28.0 Å². The van der Waals surface area contributed by atoms with E-state index in [1.54, 1.807) is 32.4 Å². The van der Waals surface area contributed by atoms with E-state index in [-0.39, 0.29) is 11.9 Å². The Morgan fingerprint density at radius 1 is 1.03 bits per heavy atom. The van der Waals surface area contributed by atoms with Gasteiger partial charge in [0.15, 0.2) is 6.04 Å². The van der Waals surface area contributed by atoms with Crippen LogP contribution in [0.3, 0.4) is 0 Å². The summed E-state index contributed by atoms with van der Waals surface area (Å²) in [6.45, 7) is 2.64. The maximum Gasteiger partial charge on any atom is 0.282 e. The lowest BCUT2D eigenvalue weighted by atomic mass is 10.1. The predicted molar refractivity (Wildman–Crippen MR) is 117 cm³/mol. The summed E-state index contributed by atoms with van der Waals surface area (Å²) in [4.78, 5) is 13.8. The van der Waals surface area contributed by atoms with Crippen LogP contribution in [0.25, 0.3) is 10.8 Å². The second kappa shape index (κ2) is 9.16. The lowest BCUT2D eigenvalue weighted by Crippen LogP contribution is -3.12. The highest BCUT2D eigenvalue weighted by molar-refractivity contribution is 6.31. The first-order valence-electron chi connectivity index (χ1n) is 9.44. The number of amides is 1. The molecule has 2 atom stereocenters. The summed E-state index contributed by atoms with van der Waals surface area (Å²) in [5.74, 6) is 1.33. The number of rotatable bonds is 7. The Labute approximate surface area is 176 Å². The Kier molecular flexibility index (Phi) is 6.62. The minimum absolute atomic E-state index is 0.0893. The quantitative estimate of drug-likeness (QED) is 0.622. The van der Waals surface area contributed by atoms with Gasteiger partial charge in [0.05, 0.1) is 27.0 Å². The van der Waals surface area contributed by atoms with Gasteiger partial charge in [-0.25, -0.2) is 0 Å². The van der Waals surface area contributed by atoms with Gasteiger partial charge in [-0.15, -0.1) is 0 Å². The van der Waals surface area contributed by atoms with Crippen LogP contribution < -0.4 is 19.7 Å². The van der Waals surface area contributed by atoms with Crippen LogP contribution in [0.4, 0.5) is 5.69 Å². The fourth-order valence-electron chi connectivity index (χ4n) is 3.23. The molecule has 2 N–H and O–H groups in total. The molecule has 0 fully saturated rings. The van der Waals surface area contributed by atoms with Crippen LogP contribution in [0.15, 0.2) is 54.6 Å². The number of benzene rings is 3. The molecular weight excluding hydrogens is 388 g/mol. The van der Waals surface area contributed by atoms with E-state index in [4.69, 9.17) is 21.1 Å². The summed E-state index contributed by atoms with van der Waals surface area (Å²) in [5, 5.41) is 5.75. The van der Waals surface area contributed by atoms with Gasteiger partial charge < -0.3 is 19.7 Å². The van der Waals surface area contributed by atoms with Crippen LogP contribution in [0.2, 0.25) is 5.02 Å². The first-order chi connectivity index (χ1) is 13.9. The van der Waals surface area contributed by atoms with E-state index in [1.807, 2.05) is 26.1 Å². The molecule has 6 heteroatoms. The minimum atomic E-state index is -0.259. The largest absolute Gasteiger partial charge is 0.497 e. The third-order valence-corrected chi connectivity index (χ3v) is 5.38. The number of anilines is 1. The fourth-order valence-corrected chi connectivity index (χ4v) is 3.40. The first-order valence-corrected chi connectivity index (χ1v) is 9.82. The molecule has 0 heterocycles. The van der Waals surface area contributed by atoms with Gasteiger partial charge >= 0.3 is 0 Å². The number of ether oxygens (including phenoxy) is 2. The van der Waals surface area contributed by atoms with Crippen LogP contribution in [0.1, 0.15) is 12.5 Å². The van der Waals surface area contributed by atoms with Gasteiger partial charge in [0.25, 0.3) is 5.91 Å². The lowest BCUT2D eigenvalue weighted by molar-refractivity contribution is -0.907. The maximum absolute atomic E-state index is 12.8. The summed E-state index contributed by atoms with van der Waals surface area (Å²) in [6, 6.07) is 17.3. The highest BCUT2D eigenvalue weighted by Gasteiger charge is 2.23. The van der Waals surface area contributed by atoms with Crippen LogP contribution >= 0.6 is 11.6 Å². The van der Waals surface area contributed by atoms with Crippen molar-refractivity contribution < 1.29 is 19.2 Å². The van der Waals surface area contributed by atoms with E-state index in [0.29, 0.717) is 16.5 Å². The van der Waals surface area contributed by atoms with E-state index >= 15 is 0 Å². The Bertz CT molecular complexity index is 1020. The summed E-state index contributed by atoms with van der Waals surface area (Å²) in [7, 11) is 5.24. The van der Waals surface area contributed by atoms with Gasteiger partial charge in [-0.1, -0.05) is 29.8 Å². The molecule has 1 unspecified atom stereocenters. The topological polar surface area (TPSA) is 52.0 Å². The minimum Gasteiger partial charge on any atom is -0.497 e. The monoisotopic (exact) mass is 413 g/mol. The molecule has 3 aromatic rings. The molecule has 29 heavy (non-hydrogen) atoms. The van der Waals surface area contributed by atoms with Gasteiger partial charge in [0.2, 0.25) is 0 Å². The number of hydrogen-bond acceptors (Lipinski definition) is 3. The fraction of sp³-hybridized carbons (Fsp3) is 0.261. The van der Waals surface area contributed by atoms with Crippen molar-refractivity contribution in [3.63, 3.8) is 0 Å². The Morgan fingerprint density at radius 2 is 1.76 bits per heavy atom. The molecule has 0 spiro atoms. The van der Waals surface area contributed by atoms with Crippen molar-refractivity contribution in [2.45, 2.75) is 19.5 Å². The van der Waals surface area contributed by atoms with Crippen LogP contribution in [-0.4, -0.2) is 33.2 Å². The molecule has 152 valence electrons. The molecule has 3 rings (SSSR count). The zero-order valence-electron chi connectivity index (χ0n) is 17.1. The van der Waals surface area contributed by atoms with Crippen LogP contribution in [-0.2, 0) is 11.3 Å². The number of carbonyl (C=O) groups is 1. The number of fused-ring (bicyclic) bond motifs is 1. The molecule has 0 saturated carbocycles. The lowest BCUT2D eigenvalue weighted by Gasteiger charge is -2.22. The Balaban J connectivity index is 1.70. The summed E-state index contributed by atoms with van der Waals surface area (Å²) >= 11 is 6.05. The molecule has 1 amide bonds. The van der Waals surface area contributed by atoms with Gasteiger partial charge in [-0.05, 0) is 54.1 Å². The van der Waals surface area contributed by atoms with Crippen molar-refractivity contribution >= 4 is 34.0 Å². The highest BCUT2D eigenvalue weighted by atomic mass is 35.5. The highest BCUT2D eigenvalue weighted by Crippen LogP contribution is 2.27. The molecule has 0 aromatic heterocycles. The zero-order valence-corrected chi connectivity index (χ0v) is 17.8. The van der Waals surface area contributed by atoms with Crippen molar-refractivity contribution in [1.82, 2.24) is 0 Å². The number of carbonyl (C=O) groups excluding carboxylic acids is 1. The van der Waals surface area contributed by atoms with Gasteiger partial charge in [-0.3, -0.25) is 4.79 Å². The summed E-state index contributed by atoms with van der Waals surface area (Å²) < 4.78 is 10.6. The third kappa shape index (κ3) is 5.00. The average Bonchev–Trinajstić information content (AvgIpc) is 2.72. The standard InChI is InChI=1S/C23H25ClN2O3/c1-15(23(27)25-21-13-19(24)8-10-22(21)29-4)26(2)14-16-5-6-18-12-20(28-3)9-7-17(18)11-16/h5-13,15H,14H2,1-4H3,(H,25,27)/p+1/t15-/m1/s1. The van der Waals surface area contributed by atoms with Crippen molar-refractivity contribution in [2.24, 2.45) is 0 Å². The number of hydrogen-bond donors (Lipinski definition) is 2. The molecule has 0 aliphatic carbocycles. The number of methoxy groups -OCH3 is 2. The van der Waals surface area contributed by atoms with E-state index in [9.17, 15) is 4.79 Å². The Morgan fingerprint density at radius 3 is 2.48 bits per heavy atom. The predicted octanol–water partition coefficient (Wildman–Crippen LogP) is 3.55. The van der Waals surface area contributed by atoms with Gasteiger partial charge in [-0.2, -0.15) is 0 Å². The van der Waals surface area contributed by atoms with Crippen molar-refractivity contribution in [2.75, 3.05) is 26.6 Å². The van der Waals surface area contributed by atoms with Crippen LogP contribution in [0.5, 0.6) is 11.5 Å². The number of halogens is 1. The van der Waals surface area contributed by atoms with Gasteiger partial charge in [0, 0.05) is 10.6 Å². The Hall–Kier alpha value is -2.76. The maximum atomic E-state index is 12.8. The molecule has 5 nitrogen and oxygen atoms in total. The van der Waals surface area contributed by atoms with Crippen molar-refractivity contribution in [3.05, 3.63) is 65.2 Å². The molecule has 0 aliphatic rings. The second-order valence-electron chi connectivity index (χ2n) is 7.13. The molecule has 3 aromatic carbocycles. The van der Waals surface area contributed by atoms with E-state index in [1.165, 1.54) is 5.56 Å². The first kappa shape index (κ1) is 21.0. The number of quaternary nitrogens is 1.